The van der Waals surface area contributed by atoms with Crippen LogP contribution in [0, 0.1) is 29.1 Å². The Bertz CT molecular complexity index is 1680. The fourth-order valence-electron chi connectivity index (χ4n) is 5.25. The number of fused-ring (bicyclic) bond motifs is 1. The molecule has 0 aromatic heterocycles. The highest BCUT2D eigenvalue weighted by molar-refractivity contribution is 6.26. The molecule has 4 rings (SSSR count). The van der Waals surface area contributed by atoms with Crippen LogP contribution in [0.5, 0.6) is 5.75 Å². The summed E-state index contributed by atoms with van der Waals surface area (Å²) in [5, 5.41) is 4.82. The first kappa shape index (κ1) is 40.9. The average molecular weight is 758 g/mol. The van der Waals surface area contributed by atoms with E-state index >= 15 is 0 Å². The van der Waals surface area contributed by atoms with Gasteiger partial charge in [-0.15, -0.1) is 0 Å². The lowest BCUT2D eigenvalue weighted by molar-refractivity contribution is -0.137. The molecule has 0 bridgehead atoms. The van der Waals surface area contributed by atoms with Gasteiger partial charge in [0.25, 0.3) is 11.8 Å². The molecule has 1 saturated heterocycles. The largest absolute Gasteiger partial charge is 0.420 e. The van der Waals surface area contributed by atoms with E-state index in [9.17, 15) is 50.7 Å². The second-order valence-corrected chi connectivity index (χ2v) is 11.6. The van der Waals surface area contributed by atoms with E-state index < -0.39 is 76.9 Å². The Balaban J connectivity index is 0.972. The maximum atomic E-state index is 13.6. The average Bonchev–Trinajstić information content (AvgIpc) is 3.39. The van der Waals surface area contributed by atoms with Crippen LogP contribution in [0.15, 0.2) is 18.2 Å². The van der Waals surface area contributed by atoms with Crippen LogP contribution in [0.1, 0.15) is 65.7 Å². The van der Waals surface area contributed by atoms with Crippen molar-refractivity contribution in [1.29, 1.82) is 0 Å². The summed E-state index contributed by atoms with van der Waals surface area (Å²) in [6, 6.07) is 3.37. The summed E-state index contributed by atoms with van der Waals surface area (Å²) < 4.78 is 92.1. The number of carbonyl (C=O) groups excluding carboxylic acids is 6. The number of anilines is 1. The van der Waals surface area contributed by atoms with Crippen LogP contribution in [0.25, 0.3) is 0 Å². The van der Waals surface area contributed by atoms with Gasteiger partial charge >= 0.3 is 5.97 Å². The van der Waals surface area contributed by atoms with Gasteiger partial charge in [0.05, 0.1) is 69.5 Å². The molecule has 53 heavy (non-hydrogen) atoms. The summed E-state index contributed by atoms with van der Waals surface area (Å²) in [7, 11) is 0. The van der Waals surface area contributed by atoms with E-state index in [0.29, 0.717) is 39.1 Å². The summed E-state index contributed by atoms with van der Waals surface area (Å²) >= 11 is 0. The predicted octanol–water partition coefficient (Wildman–Crippen LogP) is 3.34. The number of halogens is 5. The van der Waals surface area contributed by atoms with Crippen LogP contribution in [0.4, 0.5) is 27.6 Å². The van der Waals surface area contributed by atoms with E-state index in [1.54, 1.807) is 0 Å². The summed E-state index contributed by atoms with van der Waals surface area (Å²) in [5.74, 6) is -17.2. The first-order valence-electron chi connectivity index (χ1n) is 16.6. The quantitative estimate of drug-likeness (QED) is 0.0364. The number of unbranched alkanes of at least 4 members (excludes halogenated alkanes) is 2. The number of nitrogens with zero attached hydrogens (tertiary/aromatic N) is 1. The highest BCUT2D eigenvalue weighted by Crippen LogP contribution is 2.33. The van der Waals surface area contributed by atoms with Gasteiger partial charge in [-0.2, -0.15) is 8.78 Å². The molecule has 0 radical (unpaired) electrons. The Labute approximate surface area is 299 Å². The van der Waals surface area contributed by atoms with E-state index in [1.165, 1.54) is 18.2 Å². The van der Waals surface area contributed by atoms with Gasteiger partial charge < -0.3 is 29.0 Å². The molecule has 14 nitrogen and oxygen atoms in total. The highest BCUT2D eigenvalue weighted by Gasteiger charge is 2.45. The lowest BCUT2D eigenvalue weighted by Crippen LogP contribution is -2.54. The Hall–Kier alpha value is -4.85. The van der Waals surface area contributed by atoms with E-state index in [-0.39, 0.29) is 75.0 Å². The van der Waals surface area contributed by atoms with E-state index in [4.69, 9.17) is 18.9 Å². The standard InChI is InChI=1S/C34H36F5N3O11/c35-26-27(36)29(38)31(30(39)28(26)37)53-24(45)10-12-50-14-16-52-18-17-51-15-13-49-11-3-1-2-7-22(43)40-20-6-4-5-19-25(20)34(48)42(33(19)47)21-8-9-23(44)41-32(21)46/h4-6,21H,1-3,7-18H2,(H,40,43)(H,41,44,46). The number of esters is 1. The molecule has 2 N–H and O–H groups in total. The Morgan fingerprint density at radius 2 is 1.30 bits per heavy atom. The van der Waals surface area contributed by atoms with Crippen molar-refractivity contribution in [3.05, 3.63) is 58.4 Å². The molecule has 288 valence electrons. The van der Waals surface area contributed by atoms with Crippen molar-refractivity contribution < 1.29 is 74.4 Å². The summed E-state index contributed by atoms with van der Waals surface area (Å²) in [6.07, 6.45) is 1.57. The van der Waals surface area contributed by atoms with Crippen LogP contribution in [-0.4, -0.2) is 99.3 Å². The molecule has 5 amide bonds. The molecule has 2 aliphatic heterocycles. The van der Waals surface area contributed by atoms with Gasteiger partial charge in [0.2, 0.25) is 52.6 Å². The van der Waals surface area contributed by atoms with Gasteiger partial charge in [0.15, 0.2) is 0 Å². The van der Waals surface area contributed by atoms with Gasteiger partial charge in [0.1, 0.15) is 6.04 Å². The minimum atomic E-state index is -2.37. The number of hydrogen-bond donors (Lipinski definition) is 2. The molecule has 1 atom stereocenters. The van der Waals surface area contributed by atoms with E-state index in [0.717, 1.165) is 4.90 Å². The van der Waals surface area contributed by atoms with Gasteiger partial charge in [-0.1, -0.05) is 12.5 Å². The SMILES string of the molecule is O=C1CCC(N2C(=O)c3cccc(NC(=O)CCCCCOCCOCCOCCOCCC(=O)Oc4c(F)c(F)c(F)c(F)c4F)c3C2=O)C(=O)N1. The molecule has 2 aliphatic rings. The predicted molar refractivity (Wildman–Crippen MR) is 170 cm³/mol. The lowest BCUT2D eigenvalue weighted by Gasteiger charge is -2.27. The molecule has 2 aromatic carbocycles. The van der Waals surface area contributed by atoms with Crippen molar-refractivity contribution in [3.8, 4) is 5.75 Å². The van der Waals surface area contributed by atoms with Crippen LogP contribution in [-0.2, 0) is 38.1 Å². The Kier molecular flexibility index (Phi) is 15.3. The maximum Gasteiger partial charge on any atom is 0.313 e. The molecule has 2 aromatic rings. The Morgan fingerprint density at radius 1 is 0.717 bits per heavy atom. The van der Waals surface area contributed by atoms with Crippen LogP contribution < -0.4 is 15.4 Å². The number of benzene rings is 2. The van der Waals surface area contributed by atoms with E-state index in [2.05, 4.69) is 15.4 Å². The van der Waals surface area contributed by atoms with Gasteiger partial charge in [-0.25, -0.2) is 13.2 Å². The first-order valence-corrected chi connectivity index (χ1v) is 16.6. The molecule has 2 heterocycles. The second-order valence-electron chi connectivity index (χ2n) is 11.6. The van der Waals surface area contributed by atoms with Crippen molar-refractivity contribution in [3.63, 3.8) is 0 Å². The fourth-order valence-corrected chi connectivity index (χ4v) is 5.25. The Morgan fingerprint density at radius 3 is 1.92 bits per heavy atom. The van der Waals surface area contributed by atoms with Crippen molar-refractivity contribution in [2.24, 2.45) is 0 Å². The number of ether oxygens (including phenoxy) is 5. The minimum absolute atomic E-state index is 0.00323. The molecule has 0 aliphatic carbocycles. The smallest absolute Gasteiger partial charge is 0.313 e. The molecule has 1 fully saturated rings. The van der Waals surface area contributed by atoms with Gasteiger partial charge in [0, 0.05) is 19.4 Å². The number of imide groups is 2. The highest BCUT2D eigenvalue weighted by atomic mass is 19.2. The van der Waals surface area contributed by atoms with Gasteiger partial charge in [-0.3, -0.25) is 39.0 Å². The van der Waals surface area contributed by atoms with Gasteiger partial charge in [-0.05, 0) is 31.4 Å². The molecule has 1 unspecified atom stereocenters. The number of carbonyl (C=O) groups is 6. The maximum absolute atomic E-state index is 13.6. The second kappa shape index (κ2) is 19.8. The third kappa shape index (κ3) is 10.8. The molecule has 19 heteroatoms. The number of piperidine rings is 1. The summed E-state index contributed by atoms with van der Waals surface area (Å²) in [4.78, 5) is 75.0. The zero-order valence-corrected chi connectivity index (χ0v) is 28.2. The zero-order chi connectivity index (χ0) is 38.5. The normalized spacial score (nSPS) is 15.5. The third-order valence-electron chi connectivity index (χ3n) is 7.89. The van der Waals surface area contributed by atoms with Crippen LogP contribution in [0.3, 0.4) is 0 Å². The molecule has 0 spiro atoms. The lowest BCUT2D eigenvalue weighted by atomic mass is 10.0. The number of hydrogen-bond acceptors (Lipinski definition) is 11. The van der Waals surface area contributed by atoms with Crippen molar-refractivity contribution >= 4 is 41.2 Å². The van der Waals surface area contributed by atoms with E-state index in [1.807, 2.05) is 0 Å². The summed E-state index contributed by atoms with van der Waals surface area (Å²) in [6.45, 7) is 1.46. The van der Waals surface area contributed by atoms with Crippen molar-refractivity contribution in [2.75, 3.05) is 58.2 Å². The van der Waals surface area contributed by atoms with Crippen molar-refractivity contribution in [1.82, 2.24) is 10.2 Å². The minimum Gasteiger partial charge on any atom is -0.420 e. The summed E-state index contributed by atoms with van der Waals surface area (Å²) in [5.41, 5.74) is 0.246. The number of nitrogens with one attached hydrogen (secondary N) is 2. The molecular weight excluding hydrogens is 721 g/mol. The molecule has 0 saturated carbocycles. The topological polar surface area (TPSA) is 176 Å². The molecular formula is C34H36F5N3O11. The third-order valence-corrected chi connectivity index (χ3v) is 7.89. The van der Waals surface area contributed by atoms with Crippen molar-refractivity contribution in [2.45, 2.75) is 51.0 Å². The first-order chi connectivity index (χ1) is 25.4. The fraction of sp³-hybridized carbons (Fsp3) is 0.471. The van der Waals surface area contributed by atoms with Crippen LogP contribution in [0.2, 0.25) is 0 Å². The monoisotopic (exact) mass is 757 g/mol. The van der Waals surface area contributed by atoms with Crippen LogP contribution >= 0.6 is 0 Å². The zero-order valence-electron chi connectivity index (χ0n) is 28.2. The number of amides is 5. The number of rotatable bonds is 21.